The number of hydrogen-bond donors (Lipinski definition) is 1. The van der Waals surface area contributed by atoms with Crippen LogP contribution in [0.3, 0.4) is 0 Å². The summed E-state index contributed by atoms with van der Waals surface area (Å²) in [5.74, 6) is 0. The molecule has 0 aromatic heterocycles. The lowest BCUT2D eigenvalue weighted by Gasteiger charge is -2.40. The van der Waals surface area contributed by atoms with Crippen molar-refractivity contribution in [1.82, 2.24) is 10.2 Å². The molecule has 1 fully saturated rings. The summed E-state index contributed by atoms with van der Waals surface area (Å²) in [4.78, 5) is 2.50. The summed E-state index contributed by atoms with van der Waals surface area (Å²) in [6, 6.07) is 7.58. The van der Waals surface area contributed by atoms with Gasteiger partial charge in [0.1, 0.15) is 0 Å². The van der Waals surface area contributed by atoms with Gasteiger partial charge in [-0.2, -0.15) is 0 Å². The van der Waals surface area contributed by atoms with Crippen molar-refractivity contribution in [3.8, 4) is 0 Å². The van der Waals surface area contributed by atoms with Gasteiger partial charge in [-0.1, -0.05) is 33.6 Å². The SMILES string of the molecule is CC1CN(C(C)c2ccc(Br)cc2Cl)CC(C)N1. The molecule has 1 aliphatic heterocycles. The third-order valence-electron chi connectivity index (χ3n) is 3.55. The second-order valence-electron chi connectivity index (χ2n) is 5.26. The molecule has 1 N–H and O–H groups in total. The van der Waals surface area contributed by atoms with Crippen LogP contribution in [0.4, 0.5) is 0 Å². The van der Waals surface area contributed by atoms with Crippen molar-refractivity contribution in [2.75, 3.05) is 13.1 Å². The van der Waals surface area contributed by atoms with Gasteiger partial charge in [-0.25, -0.2) is 0 Å². The predicted octanol–water partition coefficient (Wildman–Crippen LogP) is 3.85. The fraction of sp³-hybridized carbons (Fsp3) is 0.571. The minimum Gasteiger partial charge on any atom is -0.309 e. The van der Waals surface area contributed by atoms with Crippen LogP contribution in [-0.4, -0.2) is 30.1 Å². The molecule has 0 spiro atoms. The largest absolute Gasteiger partial charge is 0.309 e. The van der Waals surface area contributed by atoms with Gasteiger partial charge >= 0.3 is 0 Å². The molecule has 2 nitrogen and oxygen atoms in total. The van der Waals surface area contributed by atoms with Crippen molar-refractivity contribution in [3.05, 3.63) is 33.3 Å². The smallest absolute Gasteiger partial charge is 0.0464 e. The molecule has 0 amide bonds. The first-order valence-electron chi connectivity index (χ1n) is 6.42. The predicted molar refractivity (Wildman–Crippen MR) is 81.2 cm³/mol. The number of rotatable bonds is 2. The van der Waals surface area contributed by atoms with Crippen molar-refractivity contribution in [3.63, 3.8) is 0 Å². The Kier molecular flexibility index (Phi) is 4.70. The highest BCUT2D eigenvalue weighted by atomic mass is 79.9. The molecule has 1 saturated heterocycles. The van der Waals surface area contributed by atoms with E-state index in [-0.39, 0.29) is 0 Å². The summed E-state index contributed by atoms with van der Waals surface area (Å²) in [7, 11) is 0. The number of hydrogen-bond acceptors (Lipinski definition) is 2. The highest BCUT2D eigenvalue weighted by molar-refractivity contribution is 9.10. The summed E-state index contributed by atoms with van der Waals surface area (Å²) in [6.45, 7) is 8.84. The van der Waals surface area contributed by atoms with Gasteiger partial charge in [-0.15, -0.1) is 0 Å². The quantitative estimate of drug-likeness (QED) is 0.885. The Morgan fingerprint density at radius 3 is 2.50 bits per heavy atom. The summed E-state index contributed by atoms with van der Waals surface area (Å²) in [5, 5.41) is 4.40. The van der Waals surface area contributed by atoms with Gasteiger partial charge < -0.3 is 5.32 Å². The van der Waals surface area contributed by atoms with Crippen LogP contribution in [-0.2, 0) is 0 Å². The van der Waals surface area contributed by atoms with Gasteiger partial charge in [0.15, 0.2) is 0 Å². The monoisotopic (exact) mass is 330 g/mol. The maximum atomic E-state index is 6.34. The Balaban J connectivity index is 2.17. The molecule has 3 unspecified atom stereocenters. The third-order valence-corrected chi connectivity index (χ3v) is 4.37. The third kappa shape index (κ3) is 3.27. The van der Waals surface area contributed by atoms with Crippen LogP contribution in [0.1, 0.15) is 32.4 Å². The average molecular weight is 332 g/mol. The van der Waals surface area contributed by atoms with E-state index >= 15 is 0 Å². The summed E-state index contributed by atoms with van der Waals surface area (Å²) in [6.07, 6.45) is 0. The molecular weight excluding hydrogens is 312 g/mol. The Hall–Kier alpha value is -0.0900. The van der Waals surface area contributed by atoms with Crippen LogP contribution in [0.15, 0.2) is 22.7 Å². The fourth-order valence-corrected chi connectivity index (χ4v) is 3.55. The zero-order chi connectivity index (χ0) is 13.3. The molecule has 1 aliphatic rings. The molecule has 3 atom stereocenters. The van der Waals surface area contributed by atoms with E-state index in [9.17, 15) is 0 Å². The number of nitrogens with zero attached hydrogens (tertiary/aromatic N) is 1. The molecule has 1 aromatic rings. The van der Waals surface area contributed by atoms with Crippen molar-refractivity contribution >= 4 is 27.5 Å². The Labute approximate surface area is 123 Å². The molecule has 100 valence electrons. The van der Waals surface area contributed by atoms with E-state index in [0.717, 1.165) is 22.6 Å². The Morgan fingerprint density at radius 2 is 1.94 bits per heavy atom. The zero-order valence-corrected chi connectivity index (χ0v) is 13.4. The number of piperazine rings is 1. The Bertz CT molecular complexity index is 414. The van der Waals surface area contributed by atoms with Gasteiger partial charge in [0, 0.05) is 40.7 Å². The topological polar surface area (TPSA) is 15.3 Å². The first-order valence-corrected chi connectivity index (χ1v) is 7.59. The molecule has 1 heterocycles. The Morgan fingerprint density at radius 1 is 1.33 bits per heavy atom. The molecule has 1 aromatic carbocycles. The van der Waals surface area contributed by atoms with E-state index in [1.807, 2.05) is 6.07 Å². The van der Waals surface area contributed by atoms with Crippen LogP contribution in [0.25, 0.3) is 0 Å². The van der Waals surface area contributed by atoms with Crippen molar-refractivity contribution in [2.24, 2.45) is 0 Å². The zero-order valence-electron chi connectivity index (χ0n) is 11.1. The molecule has 4 heteroatoms. The van der Waals surface area contributed by atoms with Crippen LogP contribution in [0.2, 0.25) is 5.02 Å². The number of nitrogens with one attached hydrogen (secondary N) is 1. The minimum atomic E-state index is 0.359. The number of benzene rings is 1. The maximum absolute atomic E-state index is 6.34. The van der Waals surface area contributed by atoms with Gasteiger partial charge in [0.05, 0.1) is 0 Å². The van der Waals surface area contributed by atoms with Crippen molar-refractivity contribution in [2.45, 2.75) is 38.9 Å². The average Bonchev–Trinajstić information content (AvgIpc) is 2.26. The summed E-state index contributed by atoms with van der Waals surface area (Å²) in [5.41, 5.74) is 1.21. The van der Waals surface area contributed by atoms with Crippen LogP contribution in [0.5, 0.6) is 0 Å². The van der Waals surface area contributed by atoms with Gasteiger partial charge in [0.2, 0.25) is 0 Å². The summed E-state index contributed by atoms with van der Waals surface area (Å²) < 4.78 is 1.03. The standard InChI is InChI=1S/C14H20BrClN2/c1-9-7-18(8-10(2)17-9)11(3)13-5-4-12(15)6-14(13)16/h4-6,9-11,17H,7-8H2,1-3H3. The molecule has 0 saturated carbocycles. The fourth-order valence-electron chi connectivity index (χ4n) is 2.72. The molecule has 0 aliphatic carbocycles. The second-order valence-corrected chi connectivity index (χ2v) is 6.59. The molecule has 0 bridgehead atoms. The highest BCUT2D eigenvalue weighted by Gasteiger charge is 2.26. The van der Waals surface area contributed by atoms with E-state index in [1.54, 1.807) is 0 Å². The van der Waals surface area contributed by atoms with Crippen molar-refractivity contribution in [1.29, 1.82) is 0 Å². The van der Waals surface area contributed by atoms with Gasteiger partial charge in [0.25, 0.3) is 0 Å². The van der Waals surface area contributed by atoms with Crippen LogP contribution >= 0.6 is 27.5 Å². The lowest BCUT2D eigenvalue weighted by atomic mass is 10.0. The first kappa shape index (κ1) is 14.3. The summed E-state index contributed by atoms with van der Waals surface area (Å²) >= 11 is 9.80. The molecular formula is C14H20BrClN2. The maximum Gasteiger partial charge on any atom is 0.0464 e. The first-order chi connectivity index (χ1) is 8.47. The molecule has 18 heavy (non-hydrogen) atoms. The minimum absolute atomic E-state index is 0.359. The van der Waals surface area contributed by atoms with Gasteiger partial charge in [-0.3, -0.25) is 4.90 Å². The lowest BCUT2D eigenvalue weighted by molar-refractivity contribution is 0.131. The second kappa shape index (κ2) is 5.91. The molecule has 0 radical (unpaired) electrons. The van der Waals surface area contributed by atoms with E-state index in [1.165, 1.54) is 5.56 Å². The lowest BCUT2D eigenvalue weighted by Crippen LogP contribution is -2.54. The van der Waals surface area contributed by atoms with E-state index < -0.39 is 0 Å². The van der Waals surface area contributed by atoms with E-state index in [4.69, 9.17) is 11.6 Å². The van der Waals surface area contributed by atoms with E-state index in [2.05, 4.69) is 59.1 Å². The van der Waals surface area contributed by atoms with Crippen LogP contribution < -0.4 is 5.32 Å². The normalized spacial score (nSPS) is 27.2. The van der Waals surface area contributed by atoms with Gasteiger partial charge in [-0.05, 0) is 38.5 Å². The number of halogens is 2. The highest BCUT2D eigenvalue weighted by Crippen LogP contribution is 2.30. The molecule has 2 rings (SSSR count). The van der Waals surface area contributed by atoms with Crippen molar-refractivity contribution < 1.29 is 0 Å². The van der Waals surface area contributed by atoms with E-state index in [0.29, 0.717) is 18.1 Å². The van der Waals surface area contributed by atoms with Crippen LogP contribution in [0, 0.1) is 0 Å².